The van der Waals surface area contributed by atoms with Crippen LogP contribution >= 0.6 is 0 Å². The molecule has 0 aliphatic rings. The molecular weight excluding hydrogens is 200 g/mol. The maximum atomic E-state index is 4.47. The van der Waals surface area contributed by atoms with Crippen LogP contribution in [0.15, 0.2) is 0 Å². The molecule has 1 N–H and O–H groups in total. The number of hydrogen-bond donors (Lipinski definition) is 1. The number of likely N-dealkylation sites (N-methyl/N-ethyl adjacent to an activating group) is 2. The van der Waals surface area contributed by atoms with Crippen LogP contribution in [0.4, 0.5) is 0 Å². The van der Waals surface area contributed by atoms with Crippen molar-refractivity contribution in [2.24, 2.45) is 7.05 Å². The zero-order valence-electron chi connectivity index (χ0n) is 11.3. The van der Waals surface area contributed by atoms with Gasteiger partial charge in [0.2, 0.25) is 0 Å². The summed E-state index contributed by atoms with van der Waals surface area (Å²) < 4.78 is 1.97. The largest absolute Gasteiger partial charge is 0.318 e. The minimum absolute atomic E-state index is 0.419. The number of nitrogens with one attached hydrogen (secondary N) is 1. The summed E-state index contributed by atoms with van der Waals surface area (Å²) in [5, 5.41) is 7.65. The van der Waals surface area contributed by atoms with Crippen LogP contribution in [0.5, 0.6) is 0 Å². The van der Waals surface area contributed by atoms with Crippen LogP contribution in [-0.2, 0) is 7.05 Å². The summed E-state index contributed by atoms with van der Waals surface area (Å²) in [7, 11) is 6.15. The highest BCUT2D eigenvalue weighted by Gasteiger charge is 2.19. The summed E-state index contributed by atoms with van der Waals surface area (Å²) in [5.74, 6) is 0. The zero-order valence-corrected chi connectivity index (χ0v) is 11.3. The van der Waals surface area contributed by atoms with Crippen LogP contribution in [0.1, 0.15) is 29.9 Å². The second-order valence-electron chi connectivity index (χ2n) is 4.47. The number of rotatable bonds is 5. The molecule has 0 aromatic carbocycles. The van der Waals surface area contributed by atoms with Crippen molar-refractivity contribution in [2.75, 3.05) is 27.2 Å². The molecule has 16 heavy (non-hydrogen) atoms. The monoisotopic (exact) mass is 224 g/mol. The van der Waals surface area contributed by atoms with Crippen molar-refractivity contribution in [2.45, 2.75) is 26.8 Å². The molecule has 0 spiro atoms. The summed E-state index contributed by atoms with van der Waals surface area (Å²) in [6.07, 6.45) is 0. The molecule has 1 heterocycles. The Morgan fingerprint density at radius 1 is 1.44 bits per heavy atom. The summed E-state index contributed by atoms with van der Waals surface area (Å²) in [6, 6.07) is 0.419. The van der Waals surface area contributed by atoms with Crippen LogP contribution in [0, 0.1) is 13.8 Å². The van der Waals surface area contributed by atoms with Gasteiger partial charge in [-0.3, -0.25) is 9.58 Å². The Kier molecular flexibility index (Phi) is 4.50. The summed E-state index contributed by atoms with van der Waals surface area (Å²) >= 11 is 0. The lowest BCUT2D eigenvalue weighted by molar-refractivity contribution is 0.262. The van der Waals surface area contributed by atoms with Gasteiger partial charge in [0.25, 0.3) is 0 Å². The van der Waals surface area contributed by atoms with Gasteiger partial charge in [-0.05, 0) is 34.9 Å². The van der Waals surface area contributed by atoms with Gasteiger partial charge >= 0.3 is 0 Å². The van der Waals surface area contributed by atoms with Crippen molar-refractivity contribution in [3.63, 3.8) is 0 Å². The molecule has 0 aliphatic heterocycles. The molecular formula is C12H24N4. The highest BCUT2D eigenvalue weighted by molar-refractivity contribution is 5.27. The Hall–Kier alpha value is -0.870. The predicted molar refractivity (Wildman–Crippen MR) is 67.7 cm³/mol. The molecule has 1 atom stereocenters. The van der Waals surface area contributed by atoms with Crippen molar-refractivity contribution in [1.82, 2.24) is 20.0 Å². The summed E-state index contributed by atoms with van der Waals surface area (Å²) in [5.41, 5.74) is 3.77. The Bertz CT molecular complexity index is 343. The fraction of sp³-hybridized carbons (Fsp3) is 0.750. The molecule has 92 valence electrons. The normalized spacial score (nSPS) is 13.4. The number of aryl methyl sites for hydroxylation is 2. The SMILES string of the molecule is CNCCN(C)C(C)c1c(C)nn(C)c1C. The van der Waals surface area contributed by atoms with Gasteiger partial charge in [0.05, 0.1) is 5.69 Å². The zero-order chi connectivity index (χ0) is 12.3. The third-order valence-corrected chi connectivity index (χ3v) is 3.36. The van der Waals surface area contributed by atoms with Crippen molar-refractivity contribution in [3.05, 3.63) is 17.0 Å². The summed E-state index contributed by atoms with van der Waals surface area (Å²) in [6.45, 7) is 8.53. The van der Waals surface area contributed by atoms with E-state index in [9.17, 15) is 0 Å². The van der Waals surface area contributed by atoms with Gasteiger partial charge < -0.3 is 5.32 Å². The molecule has 4 nitrogen and oxygen atoms in total. The predicted octanol–water partition coefficient (Wildman–Crippen LogP) is 1.25. The molecule has 1 aromatic rings. The lowest BCUT2D eigenvalue weighted by Gasteiger charge is -2.25. The van der Waals surface area contributed by atoms with Gasteiger partial charge in [-0.1, -0.05) is 0 Å². The van der Waals surface area contributed by atoms with Crippen molar-refractivity contribution < 1.29 is 0 Å². The maximum Gasteiger partial charge on any atom is 0.0644 e. The number of aromatic nitrogens is 2. The lowest BCUT2D eigenvalue weighted by atomic mass is 10.1. The molecule has 0 aliphatic carbocycles. The first-order valence-corrected chi connectivity index (χ1v) is 5.84. The fourth-order valence-electron chi connectivity index (χ4n) is 2.10. The minimum Gasteiger partial charge on any atom is -0.318 e. The fourth-order valence-corrected chi connectivity index (χ4v) is 2.10. The standard InChI is InChI=1S/C12H24N4/c1-9-12(11(3)16(6)14-9)10(2)15(5)8-7-13-4/h10,13H,7-8H2,1-6H3. The van der Waals surface area contributed by atoms with Crippen molar-refractivity contribution in [3.8, 4) is 0 Å². The van der Waals surface area contributed by atoms with E-state index >= 15 is 0 Å². The number of hydrogen-bond acceptors (Lipinski definition) is 3. The van der Waals surface area contributed by atoms with Crippen LogP contribution < -0.4 is 5.32 Å². The molecule has 0 radical (unpaired) electrons. The molecule has 1 unspecified atom stereocenters. The van der Waals surface area contributed by atoms with Crippen LogP contribution in [0.3, 0.4) is 0 Å². The molecule has 1 aromatic heterocycles. The minimum atomic E-state index is 0.419. The van der Waals surface area contributed by atoms with E-state index < -0.39 is 0 Å². The smallest absolute Gasteiger partial charge is 0.0644 e. The van der Waals surface area contributed by atoms with Crippen molar-refractivity contribution in [1.29, 1.82) is 0 Å². The highest BCUT2D eigenvalue weighted by atomic mass is 15.3. The Balaban J connectivity index is 2.82. The maximum absolute atomic E-state index is 4.47. The first kappa shape index (κ1) is 13.2. The topological polar surface area (TPSA) is 33.1 Å². The van der Waals surface area contributed by atoms with Gasteiger partial charge in [-0.2, -0.15) is 5.10 Å². The molecule has 0 saturated heterocycles. The first-order chi connectivity index (χ1) is 7.49. The molecule has 1 rings (SSSR count). The molecule has 0 bridgehead atoms. The highest BCUT2D eigenvalue weighted by Crippen LogP contribution is 2.24. The Labute approximate surface area is 98.6 Å². The molecule has 4 heteroatoms. The van der Waals surface area contributed by atoms with Gasteiger partial charge in [0.1, 0.15) is 0 Å². The average Bonchev–Trinajstić information content (AvgIpc) is 2.49. The van der Waals surface area contributed by atoms with Crippen molar-refractivity contribution >= 4 is 0 Å². The molecule has 0 fully saturated rings. The second-order valence-corrected chi connectivity index (χ2v) is 4.47. The molecule has 0 saturated carbocycles. The Morgan fingerprint density at radius 2 is 2.06 bits per heavy atom. The van der Waals surface area contributed by atoms with E-state index in [4.69, 9.17) is 0 Å². The van der Waals surface area contributed by atoms with E-state index in [1.165, 1.54) is 11.3 Å². The van der Waals surface area contributed by atoms with E-state index in [-0.39, 0.29) is 0 Å². The van der Waals surface area contributed by atoms with Gasteiger partial charge in [-0.25, -0.2) is 0 Å². The van der Waals surface area contributed by atoms with E-state index in [1.807, 2.05) is 18.8 Å². The number of nitrogens with zero attached hydrogens (tertiary/aromatic N) is 3. The Morgan fingerprint density at radius 3 is 2.50 bits per heavy atom. The van der Waals surface area contributed by atoms with Crippen LogP contribution in [-0.4, -0.2) is 41.9 Å². The van der Waals surface area contributed by atoms with E-state index in [0.717, 1.165) is 18.8 Å². The van der Waals surface area contributed by atoms with E-state index in [2.05, 4.69) is 43.1 Å². The van der Waals surface area contributed by atoms with E-state index in [0.29, 0.717) is 6.04 Å². The van der Waals surface area contributed by atoms with E-state index in [1.54, 1.807) is 0 Å². The quantitative estimate of drug-likeness (QED) is 0.817. The lowest BCUT2D eigenvalue weighted by Crippen LogP contribution is -2.30. The third kappa shape index (κ3) is 2.62. The average molecular weight is 224 g/mol. The van der Waals surface area contributed by atoms with Crippen LogP contribution in [0.25, 0.3) is 0 Å². The molecule has 0 amide bonds. The first-order valence-electron chi connectivity index (χ1n) is 5.84. The third-order valence-electron chi connectivity index (χ3n) is 3.36. The van der Waals surface area contributed by atoms with Crippen LogP contribution in [0.2, 0.25) is 0 Å². The summed E-state index contributed by atoms with van der Waals surface area (Å²) in [4.78, 5) is 2.35. The van der Waals surface area contributed by atoms with Gasteiger partial charge in [-0.15, -0.1) is 0 Å². The van der Waals surface area contributed by atoms with Gasteiger partial charge in [0.15, 0.2) is 0 Å². The second kappa shape index (κ2) is 5.46. The van der Waals surface area contributed by atoms with Gasteiger partial charge in [0, 0.05) is 37.4 Å².